The first-order chi connectivity index (χ1) is 21.0. The molecule has 44 heavy (non-hydrogen) atoms. The van der Waals surface area contributed by atoms with Crippen LogP contribution < -0.4 is 25.5 Å². The van der Waals surface area contributed by atoms with E-state index in [1.807, 2.05) is 49.6 Å². The lowest BCUT2D eigenvalue weighted by Gasteiger charge is -2.28. The van der Waals surface area contributed by atoms with Gasteiger partial charge in [0.2, 0.25) is 0 Å². The molecule has 3 aromatic rings. The molecule has 2 heterocycles. The number of carbonyl (C=O) groups is 3. The number of benzene rings is 2. The Bertz CT molecular complexity index is 1620. The van der Waals surface area contributed by atoms with E-state index in [0.717, 1.165) is 22.6 Å². The van der Waals surface area contributed by atoms with Crippen LogP contribution in [-0.2, 0) is 9.53 Å². The molecule has 2 amide bonds. The largest absolute Gasteiger partial charge is 0.490 e. The number of nitrogens with zero attached hydrogens (tertiary/aromatic N) is 2. The zero-order chi connectivity index (χ0) is 32.0. The Balaban J connectivity index is 1.44. The van der Waals surface area contributed by atoms with Crippen LogP contribution in [0.5, 0.6) is 11.5 Å². The molecule has 0 saturated heterocycles. The number of rotatable bonds is 12. The molecule has 232 valence electrons. The van der Waals surface area contributed by atoms with Crippen molar-refractivity contribution in [2.75, 3.05) is 20.3 Å². The van der Waals surface area contributed by atoms with Gasteiger partial charge in [0.1, 0.15) is 6.61 Å². The molecule has 12 nitrogen and oxygen atoms in total. The number of ether oxygens (including phenoxy) is 3. The summed E-state index contributed by atoms with van der Waals surface area (Å²) in [6.45, 7) is 9.08. The number of nitrogens with one attached hydrogen (secondary N) is 3. The average molecular weight is 604 g/mol. The van der Waals surface area contributed by atoms with Gasteiger partial charge < -0.3 is 34.5 Å². The van der Waals surface area contributed by atoms with E-state index in [4.69, 9.17) is 14.2 Å². The minimum Gasteiger partial charge on any atom is -0.490 e. The molecule has 0 saturated carbocycles. The van der Waals surface area contributed by atoms with Crippen LogP contribution in [0.4, 0.5) is 4.79 Å². The third-order valence-electron chi connectivity index (χ3n) is 7.08. The predicted octanol–water partition coefficient (Wildman–Crippen LogP) is 3.82. The normalized spacial score (nSPS) is 15.4. The van der Waals surface area contributed by atoms with Gasteiger partial charge in [0.05, 0.1) is 31.5 Å². The van der Waals surface area contributed by atoms with Crippen molar-refractivity contribution in [1.29, 1.82) is 0 Å². The molecule has 2 atom stereocenters. The van der Waals surface area contributed by atoms with Gasteiger partial charge in [-0.3, -0.25) is 10.2 Å². The van der Waals surface area contributed by atoms with Crippen LogP contribution in [0.1, 0.15) is 59.7 Å². The maximum atomic E-state index is 12.4. The van der Waals surface area contributed by atoms with Gasteiger partial charge in [-0.1, -0.05) is 18.2 Å². The molecule has 1 aliphatic rings. The van der Waals surface area contributed by atoms with Gasteiger partial charge in [0.25, 0.3) is 0 Å². The summed E-state index contributed by atoms with van der Waals surface area (Å²) in [6.07, 6.45) is 0.468. The van der Waals surface area contributed by atoms with Gasteiger partial charge >= 0.3 is 12.0 Å². The molecule has 0 unspecified atom stereocenters. The number of amides is 2. The molecule has 1 aromatic heterocycles. The Labute approximate surface area is 255 Å². The number of aryl methyl sites for hydroxylation is 1. The smallest absolute Gasteiger partial charge is 0.337 e. The van der Waals surface area contributed by atoms with Crippen LogP contribution in [0.15, 0.2) is 64.9 Å². The quantitative estimate of drug-likeness (QED) is 0.0802. The first-order valence-corrected chi connectivity index (χ1v) is 14.1. The number of hydrogen-bond donors (Lipinski definition) is 4. The van der Waals surface area contributed by atoms with Crippen molar-refractivity contribution in [2.24, 2.45) is 5.10 Å². The molecule has 0 fully saturated rings. The topological polar surface area (TPSA) is 153 Å². The number of carbonyl (C=O) groups excluding carboxylic acids is 3. The van der Waals surface area contributed by atoms with Gasteiger partial charge in [-0.25, -0.2) is 9.59 Å². The van der Waals surface area contributed by atoms with E-state index in [9.17, 15) is 19.5 Å². The number of methoxy groups -OCH3 is 1. The number of Topliss-reactive ketones (excluding diaryl/α,β-unsaturated/α-hetero) is 1. The van der Waals surface area contributed by atoms with E-state index in [2.05, 4.69) is 21.2 Å². The highest BCUT2D eigenvalue weighted by molar-refractivity contribution is 5.95. The number of allylic oxidation sites excluding steroid dienone is 1. The zero-order valence-electron chi connectivity index (χ0n) is 25.6. The second kappa shape index (κ2) is 13.9. The second-order valence-corrected chi connectivity index (χ2v) is 10.2. The SMILES string of the molecule is CCOc1cc([C@H]2NC(=O)NC(C)=C2C(=O)OC)ccc1OC[C@H](O)N/N=C\c1cc(C)n(-c2cccc(C(C)=O)c2)c1C. The maximum absolute atomic E-state index is 12.4. The lowest BCUT2D eigenvalue weighted by molar-refractivity contribution is -0.136. The Kier molecular flexibility index (Phi) is 10.1. The van der Waals surface area contributed by atoms with E-state index < -0.39 is 24.3 Å². The highest BCUT2D eigenvalue weighted by atomic mass is 16.5. The molecule has 2 aromatic carbocycles. The van der Waals surface area contributed by atoms with Gasteiger partial charge in [0, 0.05) is 33.9 Å². The van der Waals surface area contributed by atoms with Crippen molar-refractivity contribution in [1.82, 2.24) is 20.6 Å². The standard InChI is InChI=1S/C32H37N5O7/c1-7-43-27-15-23(30-29(31(40)42-6)19(3)34-32(41)35-30)11-12-26(27)44-17-28(39)36-33-16-24-13-18(2)37(20(24)4)25-10-8-9-22(14-25)21(5)38/h8-16,28,30,36,39H,7,17H2,1-6H3,(H2,34,35,41)/b33-16-/t28-,30+/m0/s1. The molecule has 0 aliphatic carbocycles. The highest BCUT2D eigenvalue weighted by Gasteiger charge is 2.32. The first kappa shape index (κ1) is 31.8. The van der Waals surface area contributed by atoms with E-state index in [0.29, 0.717) is 34.9 Å². The Hall–Kier alpha value is -5.10. The number of esters is 1. The average Bonchev–Trinajstić information content (AvgIpc) is 3.28. The molecule has 12 heteroatoms. The van der Waals surface area contributed by atoms with E-state index in [-0.39, 0.29) is 18.0 Å². The lowest BCUT2D eigenvalue weighted by atomic mass is 9.95. The highest BCUT2D eigenvalue weighted by Crippen LogP contribution is 2.35. The summed E-state index contributed by atoms with van der Waals surface area (Å²) in [6, 6.07) is 13.2. The van der Waals surface area contributed by atoms with Crippen LogP contribution in [-0.4, -0.2) is 60.2 Å². The Morgan fingerprint density at radius 3 is 2.59 bits per heavy atom. The van der Waals surface area contributed by atoms with Crippen molar-refractivity contribution >= 4 is 24.0 Å². The van der Waals surface area contributed by atoms with Crippen LogP contribution in [0.3, 0.4) is 0 Å². The van der Waals surface area contributed by atoms with E-state index in [1.165, 1.54) is 14.0 Å². The van der Waals surface area contributed by atoms with Crippen molar-refractivity contribution < 1.29 is 33.7 Å². The molecule has 0 spiro atoms. The summed E-state index contributed by atoms with van der Waals surface area (Å²) in [7, 11) is 1.27. The fraction of sp³-hybridized carbons (Fsp3) is 0.312. The zero-order valence-corrected chi connectivity index (χ0v) is 25.6. The Morgan fingerprint density at radius 1 is 1.11 bits per heavy atom. The summed E-state index contributed by atoms with van der Waals surface area (Å²) in [5.41, 5.74) is 8.15. The molecule has 1 aliphatic heterocycles. The third-order valence-corrected chi connectivity index (χ3v) is 7.08. The van der Waals surface area contributed by atoms with E-state index >= 15 is 0 Å². The molecular weight excluding hydrogens is 566 g/mol. The summed E-state index contributed by atoms with van der Waals surface area (Å²) in [5.74, 6) is 0.155. The molecule has 4 rings (SSSR count). The number of aliphatic hydroxyl groups excluding tert-OH is 1. The summed E-state index contributed by atoms with van der Waals surface area (Å²) < 4.78 is 18.5. The summed E-state index contributed by atoms with van der Waals surface area (Å²) >= 11 is 0. The molecular formula is C32H37N5O7. The van der Waals surface area contributed by atoms with Crippen molar-refractivity contribution in [2.45, 2.75) is 46.9 Å². The minimum atomic E-state index is -1.14. The van der Waals surface area contributed by atoms with Crippen LogP contribution >= 0.6 is 0 Å². The number of ketones is 1. The van der Waals surface area contributed by atoms with Gasteiger partial charge in [0.15, 0.2) is 23.5 Å². The fourth-order valence-electron chi connectivity index (χ4n) is 4.99. The minimum absolute atomic E-state index is 0.00367. The number of urea groups is 1. The summed E-state index contributed by atoms with van der Waals surface area (Å²) in [4.78, 5) is 36.4. The maximum Gasteiger partial charge on any atom is 0.337 e. The number of hydrazone groups is 1. The monoisotopic (exact) mass is 603 g/mol. The molecule has 0 radical (unpaired) electrons. The van der Waals surface area contributed by atoms with Gasteiger partial charge in [-0.05, 0) is 70.5 Å². The number of aliphatic hydroxyl groups is 1. The molecule has 4 N–H and O–H groups in total. The van der Waals surface area contributed by atoms with Crippen LogP contribution in [0.25, 0.3) is 5.69 Å². The van der Waals surface area contributed by atoms with E-state index in [1.54, 1.807) is 37.4 Å². The number of hydrogen-bond acceptors (Lipinski definition) is 9. The molecule has 0 bridgehead atoms. The van der Waals surface area contributed by atoms with Gasteiger partial charge in [-0.15, -0.1) is 0 Å². The first-order valence-electron chi connectivity index (χ1n) is 14.1. The fourth-order valence-corrected chi connectivity index (χ4v) is 4.99. The van der Waals surface area contributed by atoms with Crippen molar-refractivity contribution in [3.63, 3.8) is 0 Å². The van der Waals surface area contributed by atoms with Crippen molar-refractivity contribution in [3.8, 4) is 17.2 Å². The third kappa shape index (κ3) is 7.09. The summed E-state index contributed by atoms with van der Waals surface area (Å²) in [5, 5.41) is 20.0. The lowest BCUT2D eigenvalue weighted by Crippen LogP contribution is -2.45. The van der Waals surface area contributed by atoms with Gasteiger partial charge in [-0.2, -0.15) is 5.10 Å². The predicted molar refractivity (Wildman–Crippen MR) is 164 cm³/mol. The number of aromatic nitrogens is 1. The second-order valence-electron chi connectivity index (χ2n) is 10.2. The van der Waals surface area contributed by atoms with Crippen LogP contribution in [0.2, 0.25) is 0 Å². The van der Waals surface area contributed by atoms with Crippen LogP contribution in [0, 0.1) is 13.8 Å². The van der Waals surface area contributed by atoms with Crippen molar-refractivity contribution in [3.05, 3.63) is 87.9 Å². The Morgan fingerprint density at radius 2 is 1.89 bits per heavy atom.